The number of carbonyl (C=O) groups excluding carboxylic acids is 1. The molecule has 1 aliphatic carbocycles. The van der Waals surface area contributed by atoms with Crippen LogP contribution >= 0.6 is 0 Å². The molecule has 0 unspecified atom stereocenters. The zero-order valence-corrected chi connectivity index (χ0v) is 17.4. The molecule has 30 heavy (non-hydrogen) atoms. The lowest BCUT2D eigenvalue weighted by Crippen LogP contribution is -2.42. The average Bonchev–Trinajstić information content (AvgIpc) is 3.47. The number of ether oxygens (including phenoxy) is 2. The highest BCUT2D eigenvalue weighted by atomic mass is 16.5. The molecule has 0 spiro atoms. The monoisotopic (exact) mass is 406 g/mol. The fraction of sp³-hybridized carbons (Fsp3) is 0.480. The molecule has 2 aliphatic heterocycles. The maximum atomic E-state index is 12.6. The Morgan fingerprint density at radius 2 is 1.90 bits per heavy atom. The Labute approximate surface area is 178 Å². The first-order valence-corrected chi connectivity index (χ1v) is 11.2. The molecule has 0 aromatic heterocycles. The van der Waals surface area contributed by atoms with E-state index in [4.69, 9.17) is 9.47 Å². The first kappa shape index (κ1) is 19.4. The molecule has 1 amide bonds. The van der Waals surface area contributed by atoms with Crippen LogP contribution in [0.15, 0.2) is 42.5 Å². The second-order valence-corrected chi connectivity index (χ2v) is 8.89. The highest BCUT2D eigenvalue weighted by Crippen LogP contribution is 2.30. The lowest BCUT2D eigenvalue weighted by molar-refractivity contribution is 0.0915. The number of nitrogens with zero attached hydrogens (tertiary/aromatic N) is 1. The summed E-state index contributed by atoms with van der Waals surface area (Å²) in [7, 11) is 0. The number of hydrogen-bond donors (Lipinski definition) is 1. The van der Waals surface area contributed by atoms with Crippen LogP contribution < -0.4 is 14.8 Å². The van der Waals surface area contributed by atoms with Gasteiger partial charge in [0.15, 0.2) is 0 Å². The number of nitrogens with one attached hydrogen (secondary N) is 1. The molecule has 1 saturated carbocycles. The van der Waals surface area contributed by atoms with E-state index in [1.165, 1.54) is 49.9 Å². The quantitative estimate of drug-likeness (QED) is 0.760. The van der Waals surface area contributed by atoms with Crippen LogP contribution in [0.4, 0.5) is 0 Å². The van der Waals surface area contributed by atoms with E-state index in [9.17, 15) is 4.79 Å². The number of fused-ring (bicyclic) bond motifs is 1. The SMILES string of the molecule is O=C(N[C@H]1COc2cc(CN3CCCC3)ccc2C1)c1ccc(OCC2CC2)cc1. The Bertz CT molecular complexity index is 886. The molecule has 158 valence electrons. The van der Waals surface area contributed by atoms with Gasteiger partial charge in [0.2, 0.25) is 0 Å². The molecule has 5 nitrogen and oxygen atoms in total. The van der Waals surface area contributed by atoms with Crippen LogP contribution in [0.25, 0.3) is 0 Å². The third kappa shape index (κ3) is 4.78. The molecule has 5 heteroatoms. The number of benzene rings is 2. The van der Waals surface area contributed by atoms with Gasteiger partial charge in [-0.2, -0.15) is 0 Å². The summed E-state index contributed by atoms with van der Waals surface area (Å²) in [5.74, 6) is 2.46. The smallest absolute Gasteiger partial charge is 0.251 e. The topological polar surface area (TPSA) is 50.8 Å². The van der Waals surface area contributed by atoms with Crippen molar-refractivity contribution in [2.45, 2.75) is 44.7 Å². The fourth-order valence-electron chi connectivity index (χ4n) is 4.28. The Morgan fingerprint density at radius 1 is 1.10 bits per heavy atom. The van der Waals surface area contributed by atoms with Gasteiger partial charge in [-0.3, -0.25) is 9.69 Å². The van der Waals surface area contributed by atoms with Crippen molar-refractivity contribution < 1.29 is 14.3 Å². The molecule has 2 aromatic carbocycles. The largest absolute Gasteiger partial charge is 0.493 e. The van der Waals surface area contributed by atoms with E-state index in [2.05, 4.69) is 28.4 Å². The van der Waals surface area contributed by atoms with E-state index in [0.29, 0.717) is 12.2 Å². The van der Waals surface area contributed by atoms with Crippen molar-refractivity contribution in [3.63, 3.8) is 0 Å². The Kier molecular flexibility index (Phi) is 5.63. The summed E-state index contributed by atoms with van der Waals surface area (Å²) in [6.07, 6.45) is 5.95. The molecule has 1 atom stereocenters. The first-order chi connectivity index (χ1) is 14.7. The summed E-state index contributed by atoms with van der Waals surface area (Å²) in [4.78, 5) is 15.1. The van der Waals surface area contributed by atoms with E-state index in [-0.39, 0.29) is 11.9 Å². The zero-order valence-electron chi connectivity index (χ0n) is 17.4. The van der Waals surface area contributed by atoms with Crippen molar-refractivity contribution in [3.8, 4) is 11.5 Å². The van der Waals surface area contributed by atoms with Crippen LogP contribution in [0, 0.1) is 5.92 Å². The van der Waals surface area contributed by atoms with Crippen LogP contribution in [0.1, 0.15) is 47.2 Å². The standard InChI is InChI=1S/C25H30N2O3/c28-25(20-7-9-23(10-8-20)29-16-18-3-4-18)26-22-14-21-6-5-19(13-24(21)30-17-22)15-27-11-1-2-12-27/h5-10,13,18,22H,1-4,11-12,14-17H2,(H,26,28)/t22-/m1/s1. The van der Waals surface area contributed by atoms with Crippen LogP contribution in [-0.2, 0) is 13.0 Å². The molecule has 1 saturated heterocycles. The average molecular weight is 407 g/mol. The van der Waals surface area contributed by atoms with Crippen molar-refractivity contribution in [3.05, 3.63) is 59.2 Å². The third-order valence-corrected chi connectivity index (χ3v) is 6.28. The summed E-state index contributed by atoms with van der Waals surface area (Å²) >= 11 is 0. The van der Waals surface area contributed by atoms with E-state index in [1.807, 2.05) is 24.3 Å². The lowest BCUT2D eigenvalue weighted by Gasteiger charge is -2.27. The summed E-state index contributed by atoms with van der Waals surface area (Å²) in [6, 6.07) is 13.9. The minimum absolute atomic E-state index is 0.0137. The number of rotatable bonds is 7. The fourth-order valence-corrected chi connectivity index (χ4v) is 4.28. The minimum Gasteiger partial charge on any atom is -0.493 e. The molecule has 3 aliphatic rings. The highest BCUT2D eigenvalue weighted by molar-refractivity contribution is 5.94. The molecular formula is C25H30N2O3. The van der Waals surface area contributed by atoms with Crippen molar-refractivity contribution >= 4 is 5.91 Å². The molecule has 2 heterocycles. The summed E-state index contributed by atoms with van der Waals surface area (Å²) in [5, 5.41) is 3.12. The number of likely N-dealkylation sites (tertiary alicyclic amines) is 1. The van der Waals surface area contributed by atoms with Crippen molar-refractivity contribution in [1.29, 1.82) is 0 Å². The Morgan fingerprint density at radius 3 is 2.67 bits per heavy atom. The molecule has 2 aromatic rings. The number of hydrogen-bond acceptors (Lipinski definition) is 4. The Hall–Kier alpha value is -2.53. The van der Waals surface area contributed by atoms with Gasteiger partial charge in [0.05, 0.1) is 12.6 Å². The van der Waals surface area contributed by atoms with E-state index < -0.39 is 0 Å². The Balaban J connectivity index is 1.15. The summed E-state index contributed by atoms with van der Waals surface area (Å²) in [5.41, 5.74) is 3.13. The number of carbonyl (C=O) groups is 1. The molecule has 0 radical (unpaired) electrons. The molecule has 0 bridgehead atoms. The second kappa shape index (κ2) is 8.68. The van der Waals surface area contributed by atoms with Crippen molar-refractivity contribution in [2.75, 3.05) is 26.3 Å². The van der Waals surface area contributed by atoms with E-state index >= 15 is 0 Å². The van der Waals surface area contributed by atoms with Gasteiger partial charge in [-0.15, -0.1) is 0 Å². The van der Waals surface area contributed by atoms with Crippen LogP contribution in [-0.4, -0.2) is 43.2 Å². The normalized spacial score (nSPS) is 21.0. The third-order valence-electron chi connectivity index (χ3n) is 6.28. The first-order valence-electron chi connectivity index (χ1n) is 11.2. The van der Waals surface area contributed by atoms with Gasteiger partial charge < -0.3 is 14.8 Å². The van der Waals surface area contributed by atoms with Crippen LogP contribution in [0.2, 0.25) is 0 Å². The van der Waals surface area contributed by atoms with Crippen LogP contribution in [0.3, 0.4) is 0 Å². The minimum atomic E-state index is -0.0635. The van der Waals surface area contributed by atoms with Gasteiger partial charge >= 0.3 is 0 Å². The van der Waals surface area contributed by atoms with Gasteiger partial charge in [0.1, 0.15) is 18.1 Å². The molecule has 2 fully saturated rings. The van der Waals surface area contributed by atoms with E-state index in [1.54, 1.807) is 0 Å². The van der Waals surface area contributed by atoms with Gasteiger partial charge in [0.25, 0.3) is 5.91 Å². The zero-order chi connectivity index (χ0) is 20.3. The maximum Gasteiger partial charge on any atom is 0.251 e. The number of amides is 1. The summed E-state index contributed by atoms with van der Waals surface area (Å²) < 4.78 is 11.8. The predicted octanol–water partition coefficient (Wildman–Crippen LogP) is 3.80. The van der Waals surface area contributed by atoms with E-state index in [0.717, 1.165) is 37.0 Å². The molecule has 1 N–H and O–H groups in total. The second-order valence-electron chi connectivity index (χ2n) is 8.89. The summed E-state index contributed by atoms with van der Waals surface area (Å²) in [6.45, 7) is 4.68. The van der Waals surface area contributed by atoms with Gasteiger partial charge in [-0.25, -0.2) is 0 Å². The van der Waals surface area contributed by atoms with Gasteiger partial charge in [-0.05, 0) is 92.6 Å². The maximum absolute atomic E-state index is 12.6. The molecule has 5 rings (SSSR count). The lowest BCUT2D eigenvalue weighted by atomic mass is 10.00. The highest BCUT2D eigenvalue weighted by Gasteiger charge is 2.24. The van der Waals surface area contributed by atoms with Crippen molar-refractivity contribution in [1.82, 2.24) is 10.2 Å². The predicted molar refractivity (Wildman–Crippen MR) is 116 cm³/mol. The molecular weight excluding hydrogens is 376 g/mol. The van der Waals surface area contributed by atoms with Crippen molar-refractivity contribution in [2.24, 2.45) is 5.92 Å². The van der Waals surface area contributed by atoms with Gasteiger partial charge in [-0.1, -0.05) is 12.1 Å². The van der Waals surface area contributed by atoms with Crippen LogP contribution in [0.5, 0.6) is 11.5 Å². The van der Waals surface area contributed by atoms with Gasteiger partial charge in [0, 0.05) is 12.1 Å².